The van der Waals surface area contributed by atoms with Crippen molar-refractivity contribution in [2.45, 2.75) is 108 Å². The van der Waals surface area contributed by atoms with E-state index >= 15 is 0 Å². The number of ether oxygens (including phenoxy) is 2. The van der Waals surface area contributed by atoms with Gasteiger partial charge in [0.1, 0.15) is 31.0 Å². The molecular weight excluding hydrogens is 384 g/mol. The molecule has 6 nitrogen and oxygen atoms in total. The molecule has 0 aromatic heterocycles. The lowest BCUT2D eigenvalue weighted by molar-refractivity contribution is -0.151. The Balaban J connectivity index is 1.90. The second-order valence-corrected chi connectivity index (χ2v) is 8.09. The van der Waals surface area contributed by atoms with E-state index in [1.165, 1.54) is 32.1 Å². The molecule has 0 amide bonds. The number of unbranched alkanes of at least 4 members (excludes halogenated alkanes) is 8. The average Bonchev–Trinajstić information content (AvgIpc) is 3.07. The Labute approximate surface area is 182 Å². The van der Waals surface area contributed by atoms with E-state index in [4.69, 9.17) is 9.47 Å². The van der Waals surface area contributed by atoms with Crippen molar-refractivity contribution in [2.75, 3.05) is 13.2 Å². The molecule has 6 heteroatoms. The van der Waals surface area contributed by atoms with Crippen LogP contribution < -0.4 is 0 Å². The SMILES string of the molecule is CCCCC/C=C/C/C=C/CCCCCCCC(=O)OCC(O)C1OCC(O)C1O. The van der Waals surface area contributed by atoms with Crippen LogP contribution in [0.1, 0.15) is 84.0 Å². The van der Waals surface area contributed by atoms with Crippen molar-refractivity contribution in [3.63, 3.8) is 0 Å². The molecule has 1 aliphatic rings. The first-order valence-electron chi connectivity index (χ1n) is 11.7. The number of hydrogen-bond donors (Lipinski definition) is 3. The van der Waals surface area contributed by atoms with E-state index in [0.717, 1.165) is 38.5 Å². The van der Waals surface area contributed by atoms with Gasteiger partial charge >= 0.3 is 5.97 Å². The zero-order valence-corrected chi connectivity index (χ0v) is 18.6. The van der Waals surface area contributed by atoms with E-state index in [9.17, 15) is 20.1 Å². The number of allylic oxidation sites excluding steroid dienone is 4. The Hall–Kier alpha value is -1.21. The number of aliphatic hydroxyl groups excluding tert-OH is 3. The number of hydrogen-bond acceptors (Lipinski definition) is 6. The number of rotatable bonds is 17. The molecule has 0 aromatic carbocycles. The molecule has 0 bridgehead atoms. The average molecular weight is 427 g/mol. The standard InChI is InChI=1S/C24H42O6/c1-2-3-4-5-6-7-8-9-10-11-12-13-14-15-16-17-22(27)29-19-21(26)24-23(28)20(25)18-30-24/h6-7,9-10,20-21,23-26,28H,2-5,8,11-19H2,1H3/b7-6+,10-9+. The molecule has 1 fully saturated rings. The highest BCUT2D eigenvalue weighted by molar-refractivity contribution is 5.69. The van der Waals surface area contributed by atoms with Crippen molar-refractivity contribution in [1.82, 2.24) is 0 Å². The molecule has 0 radical (unpaired) electrons. The van der Waals surface area contributed by atoms with Gasteiger partial charge in [-0.2, -0.15) is 0 Å². The third-order valence-corrected chi connectivity index (χ3v) is 5.32. The van der Waals surface area contributed by atoms with Gasteiger partial charge in [-0.15, -0.1) is 0 Å². The molecule has 1 saturated heterocycles. The Morgan fingerprint density at radius 2 is 1.63 bits per heavy atom. The van der Waals surface area contributed by atoms with Gasteiger partial charge in [-0.1, -0.05) is 63.3 Å². The maximum Gasteiger partial charge on any atom is 0.305 e. The van der Waals surface area contributed by atoms with Crippen molar-refractivity contribution >= 4 is 5.97 Å². The second kappa shape index (κ2) is 17.5. The topological polar surface area (TPSA) is 96.2 Å². The molecule has 1 rings (SSSR count). The van der Waals surface area contributed by atoms with Gasteiger partial charge in [-0.25, -0.2) is 0 Å². The third-order valence-electron chi connectivity index (χ3n) is 5.32. The molecule has 1 aliphatic heterocycles. The number of aliphatic hydroxyl groups is 3. The van der Waals surface area contributed by atoms with Gasteiger partial charge in [0, 0.05) is 6.42 Å². The van der Waals surface area contributed by atoms with Crippen LogP contribution in [0.5, 0.6) is 0 Å². The molecule has 4 unspecified atom stereocenters. The molecule has 30 heavy (non-hydrogen) atoms. The Morgan fingerprint density at radius 3 is 2.27 bits per heavy atom. The van der Waals surface area contributed by atoms with Crippen LogP contribution in [0.2, 0.25) is 0 Å². The summed E-state index contributed by atoms with van der Waals surface area (Å²) in [6, 6.07) is 0. The van der Waals surface area contributed by atoms with Gasteiger partial charge in [0.05, 0.1) is 6.61 Å². The minimum Gasteiger partial charge on any atom is -0.463 e. The molecule has 0 spiro atoms. The van der Waals surface area contributed by atoms with Gasteiger partial charge in [0.15, 0.2) is 0 Å². The zero-order chi connectivity index (χ0) is 22.0. The van der Waals surface area contributed by atoms with Crippen LogP contribution in [0.15, 0.2) is 24.3 Å². The lowest BCUT2D eigenvalue weighted by atomic mass is 10.1. The minimum atomic E-state index is -1.15. The quantitative estimate of drug-likeness (QED) is 0.186. The fraction of sp³-hybridized carbons (Fsp3) is 0.792. The summed E-state index contributed by atoms with van der Waals surface area (Å²) < 4.78 is 10.2. The normalized spacial score (nSPS) is 22.9. The van der Waals surface area contributed by atoms with Crippen LogP contribution in [0.3, 0.4) is 0 Å². The highest BCUT2D eigenvalue weighted by atomic mass is 16.6. The number of carbonyl (C=O) groups excluding carboxylic acids is 1. The minimum absolute atomic E-state index is 0.0250. The highest BCUT2D eigenvalue weighted by Crippen LogP contribution is 2.18. The van der Waals surface area contributed by atoms with E-state index in [1.54, 1.807) is 0 Å². The van der Waals surface area contributed by atoms with Crippen LogP contribution in [-0.2, 0) is 14.3 Å². The third kappa shape index (κ3) is 12.5. The van der Waals surface area contributed by atoms with Gasteiger partial charge in [0.25, 0.3) is 0 Å². The maximum absolute atomic E-state index is 11.7. The van der Waals surface area contributed by atoms with Gasteiger partial charge in [0.2, 0.25) is 0 Å². The lowest BCUT2D eigenvalue weighted by Gasteiger charge is -2.20. The van der Waals surface area contributed by atoms with E-state index in [0.29, 0.717) is 6.42 Å². The first-order chi connectivity index (χ1) is 14.6. The molecule has 0 saturated carbocycles. The molecule has 0 aliphatic carbocycles. The van der Waals surface area contributed by atoms with E-state index in [1.807, 2.05) is 0 Å². The van der Waals surface area contributed by atoms with Crippen LogP contribution in [0.25, 0.3) is 0 Å². The monoisotopic (exact) mass is 426 g/mol. The van der Waals surface area contributed by atoms with Crippen LogP contribution in [-0.4, -0.2) is 58.9 Å². The summed E-state index contributed by atoms with van der Waals surface area (Å²) in [6.45, 7) is 1.97. The molecule has 174 valence electrons. The predicted octanol–water partition coefficient (Wildman–Crippen LogP) is 3.82. The largest absolute Gasteiger partial charge is 0.463 e. The lowest BCUT2D eigenvalue weighted by Crippen LogP contribution is -2.41. The molecule has 3 N–H and O–H groups in total. The second-order valence-electron chi connectivity index (χ2n) is 8.09. The molecular formula is C24H42O6. The summed E-state index contributed by atoms with van der Waals surface area (Å²) in [5.74, 6) is -0.354. The van der Waals surface area contributed by atoms with E-state index in [-0.39, 0.29) is 19.2 Å². The summed E-state index contributed by atoms with van der Waals surface area (Å²) >= 11 is 0. The first kappa shape index (κ1) is 26.8. The fourth-order valence-electron chi connectivity index (χ4n) is 3.39. The Morgan fingerprint density at radius 1 is 1.00 bits per heavy atom. The summed E-state index contributed by atoms with van der Waals surface area (Å²) in [4.78, 5) is 11.7. The Bertz CT molecular complexity index is 490. The fourth-order valence-corrected chi connectivity index (χ4v) is 3.39. The highest BCUT2D eigenvalue weighted by Gasteiger charge is 2.39. The van der Waals surface area contributed by atoms with Crippen molar-refractivity contribution < 1.29 is 29.6 Å². The van der Waals surface area contributed by atoms with Crippen LogP contribution in [0, 0.1) is 0 Å². The number of carbonyl (C=O) groups is 1. The predicted molar refractivity (Wildman–Crippen MR) is 118 cm³/mol. The maximum atomic E-state index is 11.7. The van der Waals surface area contributed by atoms with Gasteiger partial charge in [-0.3, -0.25) is 4.79 Å². The summed E-state index contributed by atoms with van der Waals surface area (Å²) in [5.41, 5.74) is 0. The van der Waals surface area contributed by atoms with Crippen molar-refractivity contribution in [2.24, 2.45) is 0 Å². The number of esters is 1. The first-order valence-corrected chi connectivity index (χ1v) is 11.7. The van der Waals surface area contributed by atoms with Crippen LogP contribution >= 0.6 is 0 Å². The van der Waals surface area contributed by atoms with Crippen molar-refractivity contribution in [3.05, 3.63) is 24.3 Å². The molecule has 0 aromatic rings. The van der Waals surface area contributed by atoms with Crippen LogP contribution in [0.4, 0.5) is 0 Å². The summed E-state index contributed by atoms with van der Waals surface area (Å²) in [6.07, 6.45) is 17.5. The zero-order valence-electron chi connectivity index (χ0n) is 18.6. The Kier molecular flexibility index (Phi) is 15.6. The van der Waals surface area contributed by atoms with Gasteiger partial charge < -0.3 is 24.8 Å². The van der Waals surface area contributed by atoms with Crippen molar-refractivity contribution in [1.29, 1.82) is 0 Å². The molecule has 4 atom stereocenters. The van der Waals surface area contributed by atoms with E-state index in [2.05, 4.69) is 31.2 Å². The summed E-state index contributed by atoms with van der Waals surface area (Å²) in [5, 5.41) is 29.0. The van der Waals surface area contributed by atoms with Gasteiger partial charge in [-0.05, 0) is 38.5 Å². The van der Waals surface area contributed by atoms with E-state index < -0.39 is 24.4 Å². The smallest absolute Gasteiger partial charge is 0.305 e. The summed E-state index contributed by atoms with van der Waals surface area (Å²) in [7, 11) is 0. The molecule has 1 heterocycles. The van der Waals surface area contributed by atoms with Crippen molar-refractivity contribution in [3.8, 4) is 0 Å².